The molecular weight excluding hydrogens is 499 g/mol. The second kappa shape index (κ2) is 11.5. The first-order valence-electron chi connectivity index (χ1n) is 12.3. The van der Waals surface area contributed by atoms with E-state index < -0.39 is 17.8 Å². The molecule has 0 saturated carbocycles. The van der Waals surface area contributed by atoms with Crippen molar-refractivity contribution < 1.29 is 32.0 Å². The Morgan fingerprint density at radius 2 is 1.71 bits per heavy atom. The van der Waals surface area contributed by atoms with E-state index in [2.05, 4.69) is 10.6 Å². The average molecular weight is 528 g/mol. The highest BCUT2D eigenvalue weighted by Gasteiger charge is 2.35. The highest BCUT2D eigenvalue weighted by atomic mass is 19.4. The van der Waals surface area contributed by atoms with Crippen molar-refractivity contribution >= 4 is 17.7 Å². The third kappa shape index (κ3) is 6.62. The first-order chi connectivity index (χ1) is 18.1. The summed E-state index contributed by atoms with van der Waals surface area (Å²) in [6, 6.07) is 13.8. The molecule has 0 bridgehead atoms. The number of carbonyl (C=O) groups is 3. The number of amides is 3. The third-order valence-electron chi connectivity index (χ3n) is 6.62. The molecule has 1 saturated heterocycles. The maximum Gasteiger partial charge on any atom is 0.416 e. The number of piperidine rings is 1. The molecule has 1 aliphatic heterocycles. The van der Waals surface area contributed by atoms with E-state index >= 15 is 0 Å². The zero-order chi connectivity index (χ0) is 27.3. The Kier molecular flexibility index (Phi) is 8.19. The molecular formula is C28H28F3N3O4. The zero-order valence-electron chi connectivity index (χ0n) is 20.8. The van der Waals surface area contributed by atoms with Crippen LogP contribution in [0.4, 0.5) is 13.2 Å². The summed E-state index contributed by atoms with van der Waals surface area (Å²) in [6.45, 7) is 2.63. The highest BCUT2D eigenvalue weighted by Crippen LogP contribution is 2.30. The molecule has 0 radical (unpaired) electrons. The number of likely N-dealkylation sites (tertiary alicyclic amines) is 1. The zero-order valence-corrected chi connectivity index (χ0v) is 20.8. The van der Waals surface area contributed by atoms with Gasteiger partial charge in [0, 0.05) is 24.2 Å². The van der Waals surface area contributed by atoms with Gasteiger partial charge in [-0.15, -0.1) is 0 Å². The molecule has 4 rings (SSSR count). The van der Waals surface area contributed by atoms with Gasteiger partial charge in [0.2, 0.25) is 5.91 Å². The van der Waals surface area contributed by atoms with Crippen molar-refractivity contribution in [3.63, 3.8) is 0 Å². The molecule has 2 aromatic carbocycles. The van der Waals surface area contributed by atoms with Crippen molar-refractivity contribution in [3.05, 3.63) is 94.9 Å². The summed E-state index contributed by atoms with van der Waals surface area (Å²) in [5.74, 6) is -0.805. The second-order valence-corrected chi connectivity index (χ2v) is 9.32. The van der Waals surface area contributed by atoms with E-state index in [1.165, 1.54) is 18.4 Å². The number of rotatable bonds is 7. The van der Waals surface area contributed by atoms with E-state index in [-0.39, 0.29) is 35.7 Å². The van der Waals surface area contributed by atoms with Crippen LogP contribution in [0.25, 0.3) is 0 Å². The predicted molar refractivity (Wildman–Crippen MR) is 133 cm³/mol. The summed E-state index contributed by atoms with van der Waals surface area (Å²) in [5, 5.41) is 5.67. The fourth-order valence-corrected chi connectivity index (χ4v) is 4.53. The maximum absolute atomic E-state index is 13.2. The lowest BCUT2D eigenvalue weighted by atomic mass is 9.88. The van der Waals surface area contributed by atoms with E-state index in [1.54, 1.807) is 35.2 Å². The number of aryl methyl sites for hydroxylation is 1. The summed E-state index contributed by atoms with van der Waals surface area (Å²) < 4.78 is 43.8. The Morgan fingerprint density at radius 3 is 2.32 bits per heavy atom. The van der Waals surface area contributed by atoms with Gasteiger partial charge in [-0.2, -0.15) is 13.2 Å². The molecule has 1 atom stereocenters. The van der Waals surface area contributed by atoms with Crippen LogP contribution in [0.15, 0.2) is 71.3 Å². The summed E-state index contributed by atoms with van der Waals surface area (Å²) in [7, 11) is 0. The third-order valence-corrected chi connectivity index (χ3v) is 6.62. The largest absolute Gasteiger partial charge is 0.467 e. The van der Waals surface area contributed by atoms with Crippen LogP contribution in [-0.2, 0) is 17.5 Å². The van der Waals surface area contributed by atoms with Gasteiger partial charge in [0.05, 0.1) is 18.4 Å². The maximum atomic E-state index is 13.2. The number of hydrogen-bond donors (Lipinski definition) is 2. The van der Waals surface area contributed by atoms with E-state index in [1.807, 2.05) is 13.0 Å². The summed E-state index contributed by atoms with van der Waals surface area (Å²) in [6.07, 6.45) is -2.12. The van der Waals surface area contributed by atoms with Gasteiger partial charge < -0.3 is 20.0 Å². The second-order valence-electron chi connectivity index (χ2n) is 9.32. The van der Waals surface area contributed by atoms with E-state index in [9.17, 15) is 27.6 Å². The van der Waals surface area contributed by atoms with E-state index in [4.69, 9.17) is 4.42 Å². The van der Waals surface area contributed by atoms with Crippen LogP contribution in [0.5, 0.6) is 0 Å². The minimum absolute atomic E-state index is 0.161. The van der Waals surface area contributed by atoms with Gasteiger partial charge in [-0.05, 0) is 74.2 Å². The van der Waals surface area contributed by atoms with Gasteiger partial charge in [0.1, 0.15) is 11.8 Å². The van der Waals surface area contributed by atoms with Crippen molar-refractivity contribution in [1.29, 1.82) is 0 Å². The number of alkyl halides is 3. The van der Waals surface area contributed by atoms with Crippen LogP contribution < -0.4 is 10.6 Å². The monoisotopic (exact) mass is 527 g/mol. The van der Waals surface area contributed by atoms with Crippen LogP contribution >= 0.6 is 0 Å². The van der Waals surface area contributed by atoms with Crippen molar-refractivity contribution in [2.45, 2.75) is 38.5 Å². The van der Waals surface area contributed by atoms with Crippen LogP contribution in [0.3, 0.4) is 0 Å². The van der Waals surface area contributed by atoms with Crippen molar-refractivity contribution in [3.8, 4) is 0 Å². The molecule has 0 spiro atoms. The molecule has 38 heavy (non-hydrogen) atoms. The number of halogens is 3. The molecule has 200 valence electrons. The van der Waals surface area contributed by atoms with Gasteiger partial charge >= 0.3 is 6.18 Å². The molecule has 1 aromatic heterocycles. The van der Waals surface area contributed by atoms with Gasteiger partial charge in [-0.3, -0.25) is 14.4 Å². The number of nitrogens with one attached hydrogen (secondary N) is 2. The number of benzene rings is 2. The predicted octanol–water partition coefficient (Wildman–Crippen LogP) is 4.57. The number of furan rings is 1. The summed E-state index contributed by atoms with van der Waals surface area (Å²) >= 11 is 0. The normalized spacial score (nSPS) is 15.1. The lowest BCUT2D eigenvalue weighted by Gasteiger charge is -2.36. The van der Waals surface area contributed by atoms with Crippen molar-refractivity contribution in [1.82, 2.24) is 15.5 Å². The van der Waals surface area contributed by atoms with Crippen LogP contribution in [-0.4, -0.2) is 41.8 Å². The molecule has 0 aliphatic carbocycles. The average Bonchev–Trinajstić information content (AvgIpc) is 3.43. The van der Waals surface area contributed by atoms with Gasteiger partial charge in [-0.25, -0.2) is 0 Å². The smallest absolute Gasteiger partial charge is 0.416 e. The highest BCUT2D eigenvalue weighted by molar-refractivity contribution is 5.98. The summed E-state index contributed by atoms with van der Waals surface area (Å²) in [4.78, 5) is 40.6. The number of hydrogen-bond acceptors (Lipinski definition) is 4. The molecule has 0 unspecified atom stereocenters. The molecule has 10 heteroatoms. The fraction of sp³-hybridized carbons (Fsp3) is 0.321. The molecule has 3 amide bonds. The van der Waals surface area contributed by atoms with Crippen LogP contribution in [0, 0.1) is 12.8 Å². The minimum atomic E-state index is -4.48. The van der Waals surface area contributed by atoms with Gasteiger partial charge in [-0.1, -0.05) is 17.7 Å². The molecule has 3 aromatic rings. The number of nitrogens with zero attached hydrogens (tertiary/aromatic N) is 1. The fourth-order valence-electron chi connectivity index (χ4n) is 4.53. The molecule has 7 nitrogen and oxygen atoms in total. The molecule has 1 aliphatic rings. The minimum Gasteiger partial charge on any atom is -0.467 e. The van der Waals surface area contributed by atoms with Crippen LogP contribution in [0.1, 0.15) is 50.4 Å². The Hall–Kier alpha value is -4.08. The quantitative estimate of drug-likeness (QED) is 0.471. The first-order valence-corrected chi connectivity index (χ1v) is 12.3. The molecule has 2 heterocycles. The lowest BCUT2D eigenvalue weighted by Crippen LogP contribution is -2.53. The van der Waals surface area contributed by atoms with Crippen molar-refractivity contribution in [2.75, 3.05) is 13.1 Å². The lowest BCUT2D eigenvalue weighted by molar-refractivity contribution is -0.137. The Balaban J connectivity index is 1.43. The standard InChI is InChI=1S/C28H28F3N3O4/c1-18-4-2-5-21(16-18)25(35)33-24(26(36)32-17-23-6-3-15-38-23)19-11-13-34(14-12-19)27(37)20-7-9-22(10-8-20)28(29,30)31/h2-10,15-16,19,24H,11-14,17H2,1H3,(H,32,36)(H,33,35)/t24-/m1/s1. The van der Waals surface area contributed by atoms with E-state index in [0.29, 0.717) is 37.3 Å². The first kappa shape index (κ1) is 27.0. The Bertz CT molecular complexity index is 1270. The van der Waals surface area contributed by atoms with Crippen molar-refractivity contribution in [2.24, 2.45) is 5.92 Å². The molecule has 1 fully saturated rings. The SMILES string of the molecule is Cc1cccc(C(=O)N[C@@H](C(=O)NCc2ccco2)C2CCN(C(=O)c3ccc(C(F)(F)F)cc3)CC2)c1. The topological polar surface area (TPSA) is 91.7 Å². The Labute approximate surface area is 218 Å². The molecule has 2 N–H and O–H groups in total. The van der Waals surface area contributed by atoms with Gasteiger partial charge in [0.15, 0.2) is 0 Å². The number of carbonyl (C=O) groups excluding carboxylic acids is 3. The summed E-state index contributed by atoms with van der Waals surface area (Å²) in [5.41, 5.74) is 0.688. The van der Waals surface area contributed by atoms with Crippen LogP contribution in [0.2, 0.25) is 0 Å². The van der Waals surface area contributed by atoms with E-state index in [0.717, 1.165) is 17.7 Å². The Morgan fingerprint density at radius 1 is 1.00 bits per heavy atom. The van der Waals surface area contributed by atoms with Gasteiger partial charge in [0.25, 0.3) is 11.8 Å².